The maximum absolute atomic E-state index is 11.6. The van der Waals surface area contributed by atoms with Crippen LogP contribution in [-0.4, -0.2) is 62.2 Å². The fourth-order valence-corrected chi connectivity index (χ4v) is 4.49. The molecule has 29 heavy (non-hydrogen) atoms. The summed E-state index contributed by atoms with van der Waals surface area (Å²) in [6.07, 6.45) is 4.87. The summed E-state index contributed by atoms with van der Waals surface area (Å²) >= 11 is 0. The largest absolute Gasteiger partial charge is 0.481 e. The molecule has 2 aromatic heterocycles. The number of hydrogen-bond donors (Lipinski definition) is 0. The number of hydrogen-bond acceptors (Lipinski definition) is 6. The van der Waals surface area contributed by atoms with Gasteiger partial charge in [0, 0.05) is 57.7 Å². The lowest BCUT2D eigenvalue weighted by molar-refractivity contribution is -0.129. The highest BCUT2D eigenvalue weighted by Crippen LogP contribution is 2.30. The summed E-state index contributed by atoms with van der Waals surface area (Å²) in [5, 5.41) is 4.49. The second-order valence-corrected chi connectivity index (χ2v) is 8.14. The van der Waals surface area contributed by atoms with Gasteiger partial charge >= 0.3 is 0 Å². The topological polar surface area (TPSA) is 76.4 Å². The molecule has 1 amide bonds. The van der Waals surface area contributed by atoms with Crippen molar-refractivity contribution in [3.05, 3.63) is 34.5 Å². The molecule has 1 fully saturated rings. The van der Waals surface area contributed by atoms with Crippen molar-refractivity contribution >= 4 is 5.91 Å². The molecule has 0 saturated carbocycles. The predicted molar refractivity (Wildman–Crippen MR) is 109 cm³/mol. The van der Waals surface area contributed by atoms with Crippen LogP contribution in [0.4, 0.5) is 0 Å². The van der Waals surface area contributed by atoms with Gasteiger partial charge < -0.3 is 9.64 Å². The molecule has 4 heterocycles. The Morgan fingerprint density at radius 1 is 1.28 bits per heavy atom. The number of piperidine rings is 1. The van der Waals surface area contributed by atoms with Crippen molar-refractivity contribution in [1.29, 1.82) is 0 Å². The number of amides is 1. The fraction of sp³-hybridized carbons (Fsp3) is 0.619. The van der Waals surface area contributed by atoms with Crippen LogP contribution in [-0.2, 0) is 31.4 Å². The zero-order chi connectivity index (χ0) is 20.5. The van der Waals surface area contributed by atoms with E-state index < -0.39 is 0 Å². The standard InChI is InChI=1S/C21H30N6O2/c1-14-18(21(29-4)25(3)24-14)13-26-8-5-16(6-9-26)20-22-11-17-12-27(15(2)28)10-7-19(17)23-20/h11,16H,5-10,12-13H2,1-4H3. The number of fused-ring (bicyclic) bond motifs is 1. The highest BCUT2D eigenvalue weighted by atomic mass is 16.5. The Bertz CT molecular complexity index is 901. The minimum absolute atomic E-state index is 0.118. The van der Waals surface area contributed by atoms with Gasteiger partial charge in [-0.15, -0.1) is 0 Å². The molecule has 8 heteroatoms. The van der Waals surface area contributed by atoms with Gasteiger partial charge in [0.25, 0.3) is 0 Å². The average Bonchev–Trinajstić information content (AvgIpc) is 2.99. The third-order valence-corrected chi connectivity index (χ3v) is 6.21. The van der Waals surface area contributed by atoms with Crippen LogP contribution >= 0.6 is 0 Å². The Balaban J connectivity index is 1.39. The number of likely N-dealkylation sites (tertiary alicyclic amines) is 1. The summed E-state index contributed by atoms with van der Waals surface area (Å²) < 4.78 is 7.34. The predicted octanol–water partition coefficient (Wildman–Crippen LogP) is 1.81. The van der Waals surface area contributed by atoms with E-state index in [0.29, 0.717) is 12.5 Å². The number of methoxy groups -OCH3 is 1. The lowest BCUT2D eigenvalue weighted by Crippen LogP contribution is -2.36. The fourth-order valence-electron chi connectivity index (χ4n) is 4.49. The zero-order valence-corrected chi connectivity index (χ0v) is 17.8. The molecule has 2 aliphatic heterocycles. The van der Waals surface area contributed by atoms with Crippen LogP contribution in [0.25, 0.3) is 0 Å². The van der Waals surface area contributed by atoms with E-state index in [0.717, 1.165) is 74.1 Å². The van der Waals surface area contributed by atoms with Crippen LogP contribution < -0.4 is 4.74 Å². The first-order valence-electron chi connectivity index (χ1n) is 10.3. The van der Waals surface area contributed by atoms with E-state index in [1.807, 2.05) is 29.7 Å². The van der Waals surface area contributed by atoms with Crippen LogP contribution in [0, 0.1) is 6.92 Å². The molecular weight excluding hydrogens is 368 g/mol. The van der Waals surface area contributed by atoms with E-state index in [1.54, 1.807) is 14.0 Å². The summed E-state index contributed by atoms with van der Waals surface area (Å²) in [6.45, 7) is 7.94. The van der Waals surface area contributed by atoms with Gasteiger partial charge in [-0.05, 0) is 32.9 Å². The summed E-state index contributed by atoms with van der Waals surface area (Å²) in [5.41, 5.74) is 4.41. The van der Waals surface area contributed by atoms with Crippen molar-refractivity contribution in [1.82, 2.24) is 29.5 Å². The lowest BCUT2D eigenvalue weighted by atomic mass is 9.95. The highest BCUT2D eigenvalue weighted by Gasteiger charge is 2.27. The van der Waals surface area contributed by atoms with Crippen LogP contribution in [0.3, 0.4) is 0 Å². The van der Waals surface area contributed by atoms with Crippen molar-refractivity contribution in [2.75, 3.05) is 26.7 Å². The summed E-state index contributed by atoms with van der Waals surface area (Å²) in [4.78, 5) is 25.5. The average molecular weight is 399 g/mol. The van der Waals surface area contributed by atoms with Gasteiger partial charge in [0.1, 0.15) is 5.82 Å². The number of rotatable bonds is 4. The molecule has 2 aliphatic rings. The van der Waals surface area contributed by atoms with E-state index in [1.165, 1.54) is 5.56 Å². The molecule has 0 N–H and O–H groups in total. The smallest absolute Gasteiger partial charge is 0.219 e. The molecule has 1 saturated heterocycles. The molecule has 8 nitrogen and oxygen atoms in total. The molecule has 0 bridgehead atoms. The van der Waals surface area contributed by atoms with Crippen molar-refractivity contribution in [2.45, 2.75) is 52.1 Å². The van der Waals surface area contributed by atoms with Gasteiger partial charge in [-0.2, -0.15) is 5.10 Å². The third-order valence-electron chi connectivity index (χ3n) is 6.21. The van der Waals surface area contributed by atoms with Crippen molar-refractivity contribution in [3.63, 3.8) is 0 Å². The highest BCUT2D eigenvalue weighted by molar-refractivity contribution is 5.73. The molecule has 0 radical (unpaired) electrons. The molecule has 0 atom stereocenters. The molecule has 0 spiro atoms. The van der Waals surface area contributed by atoms with Crippen molar-refractivity contribution in [3.8, 4) is 5.88 Å². The van der Waals surface area contributed by atoms with Gasteiger partial charge in [-0.1, -0.05) is 0 Å². The third kappa shape index (κ3) is 3.99. The second-order valence-electron chi connectivity index (χ2n) is 8.14. The quantitative estimate of drug-likeness (QED) is 0.782. The van der Waals surface area contributed by atoms with E-state index in [9.17, 15) is 4.79 Å². The van der Waals surface area contributed by atoms with E-state index in [2.05, 4.69) is 15.0 Å². The van der Waals surface area contributed by atoms with Gasteiger partial charge in [-0.25, -0.2) is 14.6 Å². The normalized spacial score (nSPS) is 18.0. The van der Waals surface area contributed by atoms with Gasteiger partial charge in [-0.3, -0.25) is 9.69 Å². The molecule has 0 aliphatic carbocycles. The molecule has 0 unspecified atom stereocenters. The van der Waals surface area contributed by atoms with Gasteiger partial charge in [0.15, 0.2) is 0 Å². The molecule has 2 aromatic rings. The summed E-state index contributed by atoms with van der Waals surface area (Å²) in [7, 11) is 3.62. The van der Waals surface area contributed by atoms with E-state index in [-0.39, 0.29) is 5.91 Å². The number of aryl methyl sites for hydroxylation is 2. The number of nitrogens with zero attached hydrogens (tertiary/aromatic N) is 6. The Morgan fingerprint density at radius 3 is 2.72 bits per heavy atom. The minimum Gasteiger partial charge on any atom is -0.481 e. The lowest BCUT2D eigenvalue weighted by Gasteiger charge is -2.32. The second kappa shape index (κ2) is 8.10. The number of carbonyl (C=O) groups excluding carboxylic acids is 1. The Morgan fingerprint density at radius 2 is 2.03 bits per heavy atom. The summed E-state index contributed by atoms with van der Waals surface area (Å²) in [5.74, 6) is 2.34. The molecule has 156 valence electrons. The van der Waals surface area contributed by atoms with Gasteiger partial charge in [0.2, 0.25) is 11.8 Å². The first kappa shape index (κ1) is 19.8. The number of carbonyl (C=O) groups is 1. The Kier molecular flexibility index (Phi) is 5.54. The Labute approximate surface area is 171 Å². The van der Waals surface area contributed by atoms with E-state index in [4.69, 9.17) is 9.72 Å². The van der Waals surface area contributed by atoms with Crippen LogP contribution in [0.15, 0.2) is 6.20 Å². The molecule has 4 rings (SSSR count). The Hall–Kier alpha value is -2.48. The number of ether oxygens (including phenoxy) is 1. The van der Waals surface area contributed by atoms with Crippen LogP contribution in [0.1, 0.15) is 54.0 Å². The maximum atomic E-state index is 11.6. The van der Waals surface area contributed by atoms with Gasteiger partial charge in [0.05, 0.1) is 24.1 Å². The number of aromatic nitrogens is 4. The van der Waals surface area contributed by atoms with Crippen LogP contribution in [0.2, 0.25) is 0 Å². The first-order valence-corrected chi connectivity index (χ1v) is 10.3. The first-order chi connectivity index (χ1) is 14.0. The monoisotopic (exact) mass is 398 g/mol. The molecule has 0 aromatic carbocycles. The van der Waals surface area contributed by atoms with Crippen molar-refractivity contribution < 1.29 is 9.53 Å². The summed E-state index contributed by atoms with van der Waals surface area (Å²) in [6, 6.07) is 0. The zero-order valence-electron chi connectivity index (χ0n) is 17.8. The minimum atomic E-state index is 0.118. The van der Waals surface area contributed by atoms with Crippen molar-refractivity contribution in [2.24, 2.45) is 7.05 Å². The van der Waals surface area contributed by atoms with E-state index >= 15 is 0 Å². The maximum Gasteiger partial charge on any atom is 0.219 e. The van der Waals surface area contributed by atoms with Crippen LogP contribution in [0.5, 0.6) is 5.88 Å². The SMILES string of the molecule is COc1c(CN2CCC(c3ncc4c(n3)CCN(C(C)=O)C4)CC2)c(C)nn1C. The molecular formula is C21H30N6O2.